The highest BCUT2D eigenvalue weighted by Crippen LogP contribution is 2.19. The minimum Gasteiger partial charge on any atom is -0.497 e. The number of pyridine rings is 1. The lowest BCUT2D eigenvalue weighted by Gasteiger charge is -2.10. The molecule has 0 saturated carbocycles. The number of nitrogens with one attached hydrogen (secondary N) is 1. The van der Waals surface area contributed by atoms with E-state index in [9.17, 15) is 18.4 Å². The Morgan fingerprint density at radius 1 is 1.00 bits per heavy atom. The maximum atomic E-state index is 12.4. The summed E-state index contributed by atoms with van der Waals surface area (Å²) >= 11 is 0. The molecular weight excluding hydrogens is 384 g/mol. The van der Waals surface area contributed by atoms with Crippen LogP contribution < -0.4 is 19.8 Å². The third kappa shape index (κ3) is 4.44. The lowest BCUT2D eigenvalue weighted by molar-refractivity contribution is 0.175. The maximum Gasteiger partial charge on any atom is 0.307 e. The largest absolute Gasteiger partial charge is 0.497 e. The molecule has 1 aromatic heterocycles. The van der Waals surface area contributed by atoms with Gasteiger partial charge in [-0.1, -0.05) is 12.1 Å². The average Bonchev–Trinajstić information content (AvgIpc) is 2.70. The van der Waals surface area contributed by atoms with E-state index in [1.807, 2.05) is 0 Å². The molecule has 8 nitrogen and oxygen atoms in total. The topological polar surface area (TPSA) is 107 Å². The van der Waals surface area contributed by atoms with Crippen molar-refractivity contribution < 1.29 is 23.1 Å². The highest BCUT2D eigenvalue weighted by molar-refractivity contribution is 7.92. The summed E-state index contributed by atoms with van der Waals surface area (Å²) in [6, 6.07) is 15.8. The van der Waals surface area contributed by atoms with Crippen LogP contribution in [0, 0.1) is 0 Å². The van der Waals surface area contributed by atoms with Crippen molar-refractivity contribution in [3.05, 3.63) is 82.8 Å². The van der Waals surface area contributed by atoms with Crippen molar-refractivity contribution in [2.75, 3.05) is 11.8 Å². The Hall–Kier alpha value is -3.46. The van der Waals surface area contributed by atoms with E-state index < -0.39 is 15.6 Å². The molecule has 0 aliphatic heterocycles. The second kappa shape index (κ2) is 8.05. The molecule has 9 heteroatoms. The van der Waals surface area contributed by atoms with E-state index in [1.165, 1.54) is 24.3 Å². The first-order chi connectivity index (χ1) is 13.4. The van der Waals surface area contributed by atoms with Crippen molar-refractivity contribution in [1.29, 1.82) is 0 Å². The summed E-state index contributed by atoms with van der Waals surface area (Å²) in [7, 11) is -2.39. The molecule has 0 atom stereocenters. The van der Waals surface area contributed by atoms with Gasteiger partial charge >= 0.3 is 5.56 Å². The highest BCUT2D eigenvalue weighted by Gasteiger charge is 2.16. The van der Waals surface area contributed by atoms with Gasteiger partial charge in [-0.25, -0.2) is 8.42 Å². The number of aromatic nitrogens is 1. The molecule has 0 amide bonds. The van der Waals surface area contributed by atoms with Gasteiger partial charge in [-0.15, -0.1) is 0 Å². The zero-order valence-corrected chi connectivity index (χ0v) is 15.7. The molecule has 3 aromatic rings. The van der Waals surface area contributed by atoms with E-state index in [1.54, 1.807) is 43.5 Å². The van der Waals surface area contributed by atoms with Crippen LogP contribution in [-0.2, 0) is 16.6 Å². The molecule has 2 N–H and O–H groups in total. The molecule has 0 fully saturated rings. The van der Waals surface area contributed by atoms with E-state index in [0.717, 1.165) is 17.5 Å². The maximum absolute atomic E-state index is 12.4. The fourth-order valence-electron chi connectivity index (χ4n) is 2.37. The zero-order chi connectivity index (χ0) is 20.1. The lowest BCUT2D eigenvalue weighted by atomic mass is 10.2. The van der Waals surface area contributed by atoms with Gasteiger partial charge in [0.1, 0.15) is 23.8 Å². The minimum atomic E-state index is -3.97. The molecule has 0 radical (unpaired) electrons. The first-order valence-electron chi connectivity index (χ1n) is 8.18. The standard InChI is InChI=1S/C19H18N2O6S/c1-26-15-6-8-16(9-7-15)27-13-14-4-10-17(11-5-14)28(24,25)20-18-3-2-12-21(23)19(18)22/h2-12,20,23H,13H2,1H3. The number of rotatable bonds is 7. The number of nitrogens with zero attached hydrogens (tertiary/aromatic N) is 1. The molecule has 0 spiro atoms. The summed E-state index contributed by atoms with van der Waals surface area (Å²) in [4.78, 5) is 11.7. The number of benzene rings is 2. The van der Waals surface area contributed by atoms with Crippen LogP contribution in [0.4, 0.5) is 5.69 Å². The van der Waals surface area contributed by atoms with E-state index in [-0.39, 0.29) is 17.2 Å². The molecule has 28 heavy (non-hydrogen) atoms. The number of sulfonamides is 1. The van der Waals surface area contributed by atoms with Gasteiger partial charge < -0.3 is 14.7 Å². The van der Waals surface area contributed by atoms with Crippen LogP contribution in [-0.4, -0.2) is 25.5 Å². The van der Waals surface area contributed by atoms with E-state index >= 15 is 0 Å². The smallest absolute Gasteiger partial charge is 0.307 e. The van der Waals surface area contributed by atoms with Gasteiger partial charge in [0.25, 0.3) is 10.0 Å². The van der Waals surface area contributed by atoms with Gasteiger partial charge in [-0.3, -0.25) is 9.52 Å². The van der Waals surface area contributed by atoms with Crippen molar-refractivity contribution in [3.63, 3.8) is 0 Å². The molecular formula is C19H18N2O6S. The zero-order valence-electron chi connectivity index (χ0n) is 14.9. The van der Waals surface area contributed by atoms with Crippen LogP contribution >= 0.6 is 0 Å². The second-order valence-corrected chi connectivity index (χ2v) is 7.47. The normalized spacial score (nSPS) is 11.0. The SMILES string of the molecule is COc1ccc(OCc2ccc(S(=O)(=O)Nc3cccn(O)c3=O)cc2)cc1. The number of ether oxygens (including phenoxy) is 2. The van der Waals surface area contributed by atoms with Crippen molar-refractivity contribution in [1.82, 2.24) is 4.73 Å². The van der Waals surface area contributed by atoms with Crippen LogP contribution in [0.2, 0.25) is 0 Å². The fourth-order valence-corrected chi connectivity index (χ4v) is 3.43. The van der Waals surface area contributed by atoms with Gasteiger partial charge in [-0.05, 0) is 54.1 Å². The molecule has 146 valence electrons. The van der Waals surface area contributed by atoms with Gasteiger partial charge in [0.15, 0.2) is 0 Å². The van der Waals surface area contributed by atoms with Crippen LogP contribution in [0.5, 0.6) is 11.5 Å². The lowest BCUT2D eigenvalue weighted by Crippen LogP contribution is -2.24. The Morgan fingerprint density at radius 2 is 1.64 bits per heavy atom. The first-order valence-corrected chi connectivity index (χ1v) is 9.67. The molecule has 0 aliphatic rings. The summed E-state index contributed by atoms with van der Waals surface area (Å²) in [6.07, 6.45) is 1.11. The van der Waals surface area contributed by atoms with Gasteiger partial charge in [0.05, 0.1) is 12.0 Å². The minimum absolute atomic E-state index is 0.0200. The summed E-state index contributed by atoms with van der Waals surface area (Å²) in [5, 5.41) is 9.33. The molecule has 1 heterocycles. The van der Waals surface area contributed by atoms with Crippen molar-refractivity contribution in [3.8, 4) is 11.5 Å². The van der Waals surface area contributed by atoms with Crippen molar-refractivity contribution in [2.45, 2.75) is 11.5 Å². The molecule has 3 rings (SSSR count). The van der Waals surface area contributed by atoms with Gasteiger partial charge in [0, 0.05) is 6.20 Å². The van der Waals surface area contributed by atoms with Crippen molar-refractivity contribution in [2.24, 2.45) is 0 Å². The third-order valence-electron chi connectivity index (χ3n) is 3.87. The van der Waals surface area contributed by atoms with Gasteiger partial charge in [0.2, 0.25) is 0 Å². The molecule has 0 saturated heterocycles. The van der Waals surface area contributed by atoms with Crippen LogP contribution in [0.25, 0.3) is 0 Å². The Balaban J connectivity index is 1.68. The van der Waals surface area contributed by atoms with E-state index in [4.69, 9.17) is 9.47 Å². The second-order valence-electron chi connectivity index (χ2n) is 5.79. The molecule has 0 bridgehead atoms. The summed E-state index contributed by atoms with van der Waals surface area (Å²) in [5.41, 5.74) is -0.348. The average molecular weight is 402 g/mol. The Kier molecular flexibility index (Phi) is 5.55. The molecule has 2 aromatic carbocycles. The van der Waals surface area contributed by atoms with Crippen LogP contribution in [0.15, 0.2) is 76.6 Å². The number of methoxy groups -OCH3 is 1. The fraction of sp³-hybridized carbons (Fsp3) is 0.105. The molecule has 0 unspecified atom stereocenters. The number of hydrogen-bond donors (Lipinski definition) is 2. The number of anilines is 1. The Labute approximate surface area is 161 Å². The third-order valence-corrected chi connectivity index (χ3v) is 5.25. The Morgan fingerprint density at radius 3 is 2.29 bits per heavy atom. The molecule has 0 aliphatic carbocycles. The quantitative estimate of drug-likeness (QED) is 0.588. The highest BCUT2D eigenvalue weighted by atomic mass is 32.2. The van der Waals surface area contributed by atoms with Crippen molar-refractivity contribution >= 4 is 15.7 Å². The summed E-state index contributed by atoms with van der Waals surface area (Å²) in [6.45, 7) is 0.258. The van der Waals surface area contributed by atoms with Gasteiger partial charge in [-0.2, -0.15) is 4.73 Å². The predicted octanol–water partition coefficient (Wildman–Crippen LogP) is 2.47. The summed E-state index contributed by atoms with van der Waals surface area (Å²) < 4.78 is 38.1. The monoisotopic (exact) mass is 402 g/mol. The van der Waals surface area contributed by atoms with Crippen LogP contribution in [0.3, 0.4) is 0 Å². The Bertz CT molecular complexity index is 1110. The summed E-state index contributed by atoms with van der Waals surface area (Å²) in [5.74, 6) is 1.38. The number of hydrogen-bond acceptors (Lipinski definition) is 6. The van der Waals surface area contributed by atoms with E-state index in [0.29, 0.717) is 10.5 Å². The first kappa shape index (κ1) is 19.3. The van der Waals surface area contributed by atoms with Crippen LogP contribution in [0.1, 0.15) is 5.56 Å². The predicted molar refractivity (Wildman–Crippen MR) is 102 cm³/mol. The van der Waals surface area contributed by atoms with E-state index in [2.05, 4.69) is 4.72 Å².